The first-order valence-electron chi connectivity index (χ1n) is 27.9. The minimum atomic E-state index is -3.88. The van der Waals surface area contributed by atoms with Crippen LogP contribution in [0.3, 0.4) is 0 Å². The molecule has 2 atom stereocenters. The van der Waals surface area contributed by atoms with Gasteiger partial charge in [-0.2, -0.15) is 0 Å². The zero-order valence-electron chi connectivity index (χ0n) is 47.2. The van der Waals surface area contributed by atoms with Crippen molar-refractivity contribution in [3.63, 3.8) is 0 Å². The predicted molar refractivity (Wildman–Crippen MR) is 349 cm³/mol. The number of hydrogen-bond acceptors (Lipinski definition) is 13. The number of anilines is 3. The van der Waals surface area contributed by atoms with E-state index in [1.54, 1.807) is 133 Å². The monoisotopic (exact) mass is 1420 g/mol. The molecule has 0 bridgehead atoms. The van der Waals surface area contributed by atoms with Gasteiger partial charge in [-0.3, -0.25) is 10.1 Å². The van der Waals surface area contributed by atoms with Crippen LogP contribution in [0, 0.1) is 22.0 Å². The van der Waals surface area contributed by atoms with E-state index < -0.39 is 43.9 Å². The van der Waals surface area contributed by atoms with Crippen LogP contribution in [0.15, 0.2) is 192 Å². The van der Waals surface area contributed by atoms with Crippen LogP contribution < -0.4 is 16.4 Å². The van der Waals surface area contributed by atoms with Crippen LogP contribution in [0.5, 0.6) is 0 Å². The van der Waals surface area contributed by atoms with E-state index >= 15 is 0 Å². The number of carbonyl (C=O) groups excluding carboxylic acids is 2. The quantitative estimate of drug-likeness (QED) is 0.0420. The average molecular weight is 1420 g/mol. The van der Waals surface area contributed by atoms with Crippen LogP contribution in [0.25, 0.3) is 44.3 Å². The number of likely N-dealkylation sites (tertiary alicyclic amines) is 2. The normalized spacial score (nSPS) is 15.1. The number of amides is 4. The van der Waals surface area contributed by atoms with Crippen molar-refractivity contribution in [3.8, 4) is 22.5 Å². The number of hydrogen-bond donors (Lipinski definition) is 3. The fraction of sp³-hybridized carbons (Fsp3) is 0.194. The predicted octanol–water partition coefficient (Wildman–Crippen LogP) is 13.4. The third-order valence-corrected chi connectivity index (χ3v) is 19.0. The number of para-hydroxylation sites is 2. The zero-order valence-corrected chi connectivity index (χ0v) is 54.8. The summed E-state index contributed by atoms with van der Waals surface area (Å²) in [6, 6.07) is 43.3. The third-order valence-electron chi connectivity index (χ3n) is 15.1. The van der Waals surface area contributed by atoms with Crippen molar-refractivity contribution in [2.45, 2.75) is 48.3 Å². The molecule has 2 saturated heterocycles. The van der Waals surface area contributed by atoms with E-state index in [0.717, 1.165) is 25.7 Å². The summed E-state index contributed by atoms with van der Waals surface area (Å²) in [5.74, 6) is 1.36. The van der Waals surface area contributed by atoms with Gasteiger partial charge < -0.3 is 26.2 Å². The summed E-state index contributed by atoms with van der Waals surface area (Å²) < 4.78 is 56.9. The summed E-state index contributed by atoms with van der Waals surface area (Å²) in [6.45, 7) is 2.29. The van der Waals surface area contributed by atoms with Crippen molar-refractivity contribution in [1.82, 2.24) is 37.7 Å². The number of nitrogen functional groups attached to an aromatic ring is 1. The molecule has 2 aliphatic heterocycles. The van der Waals surface area contributed by atoms with Crippen LogP contribution in [0.2, 0.25) is 10.0 Å². The molecule has 4 amide bonds. The SMILES string of the molecule is Nc1ccc(NC(=O)N2CCCC(Cc3ncc(Cl)c(-c4cn(S(=O)(=O)c5ccccc5)c5ccccc45)n3)C2)cc1.O=C(Nc1ccc([N+](=O)[O-])cc1)N1CCCC(Cc2ncc(Cl)c(-c3cn(S(=O)(=O)c4ccccc4)c4ccccc34)n2)C1.[Cl][Sn][Cl]. The molecule has 456 valence electrons. The zero-order chi connectivity index (χ0) is 62.8. The molecule has 2 unspecified atom stereocenters. The van der Waals surface area contributed by atoms with Gasteiger partial charge >= 0.3 is 48.8 Å². The Kier molecular flexibility index (Phi) is 20.7. The van der Waals surface area contributed by atoms with Crippen molar-refractivity contribution >= 4 is 137 Å². The van der Waals surface area contributed by atoms with Gasteiger partial charge in [0.1, 0.15) is 11.6 Å². The van der Waals surface area contributed by atoms with Crippen molar-refractivity contribution in [2.24, 2.45) is 11.8 Å². The fourth-order valence-electron chi connectivity index (χ4n) is 10.9. The number of carbonyl (C=O) groups is 2. The number of non-ortho nitro benzene ring substituents is 1. The second kappa shape index (κ2) is 28.8. The van der Waals surface area contributed by atoms with E-state index in [4.69, 9.17) is 56.7 Å². The van der Waals surface area contributed by atoms with Gasteiger partial charge in [0.05, 0.1) is 47.2 Å². The molecule has 89 heavy (non-hydrogen) atoms. The Morgan fingerprint density at radius 2 is 0.966 bits per heavy atom. The number of nitro groups is 1. The number of halogens is 4. The third kappa shape index (κ3) is 15.1. The van der Waals surface area contributed by atoms with Gasteiger partial charge in [-0.1, -0.05) is 96.0 Å². The summed E-state index contributed by atoms with van der Waals surface area (Å²) >= 11 is 12.4. The number of aromatic nitrogens is 6. The Balaban J connectivity index is 0.000000188. The molecule has 0 aliphatic carbocycles. The molecule has 20 nitrogen and oxygen atoms in total. The number of piperidine rings is 2. The van der Waals surface area contributed by atoms with Gasteiger partial charge in [0.2, 0.25) is 0 Å². The van der Waals surface area contributed by atoms with Crippen molar-refractivity contribution < 1.29 is 31.3 Å². The fourth-order valence-corrected chi connectivity index (χ4v) is 14.0. The summed E-state index contributed by atoms with van der Waals surface area (Å²) in [5, 5.41) is 18.7. The number of nitrogens with one attached hydrogen (secondary N) is 2. The second-order valence-electron chi connectivity index (χ2n) is 21.0. The molecule has 10 aromatic rings. The number of nitrogens with zero attached hydrogens (tertiary/aromatic N) is 9. The van der Waals surface area contributed by atoms with E-state index in [1.807, 2.05) is 29.2 Å². The number of rotatable bonds is 13. The van der Waals surface area contributed by atoms with Crippen LogP contribution in [0.1, 0.15) is 37.3 Å². The molecule has 4 aromatic heterocycles. The van der Waals surface area contributed by atoms with Gasteiger partial charge in [-0.15, -0.1) is 0 Å². The maximum absolute atomic E-state index is 13.6. The summed E-state index contributed by atoms with van der Waals surface area (Å²) in [7, 11) is 2.13. The number of urea groups is 2. The summed E-state index contributed by atoms with van der Waals surface area (Å²) in [5.41, 5.74) is 10.6. The van der Waals surface area contributed by atoms with E-state index in [9.17, 15) is 36.5 Å². The molecule has 2 fully saturated rings. The number of nitrogens with two attached hydrogens (primary N) is 1. The Labute approximate surface area is 540 Å². The van der Waals surface area contributed by atoms with Crippen molar-refractivity contribution in [2.75, 3.05) is 42.5 Å². The molecular weight excluding hydrogens is 1370 g/mol. The first-order valence-corrected chi connectivity index (χ1v) is 38.8. The topological polar surface area (TPSA) is 264 Å². The number of benzene rings is 6. The average Bonchev–Trinajstić information content (AvgIpc) is 1.66. The Morgan fingerprint density at radius 1 is 0.584 bits per heavy atom. The van der Waals surface area contributed by atoms with Crippen molar-refractivity contribution in [3.05, 3.63) is 214 Å². The van der Waals surface area contributed by atoms with Crippen LogP contribution in [0.4, 0.5) is 32.3 Å². The Morgan fingerprint density at radius 3 is 1.37 bits per heavy atom. The van der Waals surface area contributed by atoms with E-state index in [2.05, 4.69) is 20.6 Å². The Hall–Kier alpha value is -7.84. The van der Waals surface area contributed by atoms with Crippen LogP contribution >= 0.6 is 41.0 Å². The van der Waals surface area contributed by atoms with E-state index in [0.29, 0.717) is 122 Å². The van der Waals surface area contributed by atoms with E-state index in [-0.39, 0.29) is 39.4 Å². The summed E-state index contributed by atoms with van der Waals surface area (Å²) in [6.07, 6.45) is 10.7. The molecule has 6 heterocycles. The molecule has 0 spiro atoms. The van der Waals surface area contributed by atoms with Gasteiger partial charge in [-0.05, 0) is 110 Å². The van der Waals surface area contributed by atoms with Gasteiger partial charge in [0, 0.05) is 115 Å². The first kappa shape index (κ1) is 64.2. The van der Waals surface area contributed by atoms with Gasteiger partial charge in [0.15, 0.2) is 0 Å². The summed E-state index contributed by atoms with van der Waals surface area (Å²) in [4.78, 5) is 58.7. The molecule has 2 aliphatic rings. The number of nitro benzene ring substituents is 1. The second-order valence-corrected chi connectivity index (χ2v) is 29.7. The van der Waals surface area contributed by atoms with E-state index in [1.165, 1.54) is 38.4 Å². The maximum atomic E-state index is 13.6. The first-order chi connectivity index (χ1) is 42.9. The van der Waals surface area contributed by atoms with Crippen LogP contribution in [-0.4, -0.2) is 117 Å². The number of fused-ring (bicyclic) bond motifs is 2. The van der Waals surface area contributed by atoms with Crippen molar-refractivity contribution in [1.29, 1.82) is 0 Å². The molecule has 4 N–H and O–H groups in total. The molecule has 0 saturated carbocycles. The molecular formula is C62H56Cl4N12O8S2Sn. The molecule has 6 aromatic carbocycles. The molecule has 2 radical (unpaired) electrons. The Bertz CT molecular complexity index is 4420. The minimum absolute atomic E-state index is 0.0502. The molecule has 27 heteroatoms. The van der Waals surface area contributed by atoms with Gasteiger partial charge in [0.25, 0.3) is 25.7 Å². The van der Waals surface area contributed by atoms with Gasteiger partial charge in [-0.25, -0.2) is 54.3 Å². The van der Waals surface area contributed by atoms with Crippen LogP contribution in [-0.2, 0) is 32.9 Å². The molecule has 12 rings (SSSR count). The standard InChI is InChI=1S/C31H27ClN6O5S.C31H29ClN6O3S.2ClH.Sn/c32-27-18-33-29(17-21-7-6-16-36(19-21)31(39)34-22-12-14-23(15-13-22)38(40)41)35-30(27)26-20-37(28-11-5-4-10-25(26)28)44(42,43)24-8-2-1-3-9-24;32-27-18-34-29(17-21-7-6-16-37(19-21)31(39)35-23-14-12-22(33)13-15-23)36-30(27)26-20-38(28-11-5-4-10-25(26)28)42(40,41)24-8-2-1-3-9-24;;;/h1-5,8-15,18,20-21H,6-7,16-17,19H2,(H,34,39);1-5,8-15,18,20-21H,6-7,16-17,19,33H2,(H,35,39);2*1H;/q;;;;+2/p-2.